The van der Waals surface area contributed by atoms with Crippen molar-refractivity contribution in [1.29, 1.82) is 0 Å². The van der Waals surface area contributed by atoms with Crippen molar-refractivity contribution in [2.24, 2.45) is 0 Å². The topological polar surface area (TPSA) is 98.0 Å². The lowest BCUT2D eigenvalue weighted by atomic mass is 9.97. The minimum atomic E-state index is -5.06. The van der Waals surface area contributed by atoms with Crippen LogP contribution in [0.2, 0.25) is 0 Å². The van der Waals surface area contributed by atoms with Crippen LogP contribution in [0.1, 0.15) is 55.6 Å². The monoisotopic (exact) mass is 611 g/mol. The van der Waals surface area contributed by atoms with Crippen molar-refractivity contribution >= 4 is 28.9 Å². The second-order valence-corrected chi connectivity index (χ2v) is 11.2. The number of ether oxygens (including phenoxy) is 1. The summed E-state index contributed by atoms with van der Waals surface area (Å²) in [6.45, 7) is 7.84. The molecule has 0 saturated carbocycles. The van der Waals surface area contributed by atoms with E-state index in [0.717, 1.165) is 6.07 Å². The molecule has 9 nitrogen and oxygen atoms in total. The number of nitrogens with zero attached hydrogens (tertiary/aromatic N) is 3. The third-order valence-corrected chi connectivity index (χ3v) is 7.68. The van der Waals surface area contributed by atoms with Gasteiger partial charge in [-0.1, -0.05) is 6.08 Å². The van der Waals surface area contributed by atoms with Gasteiger partial charge in [0, 0.05) is 56.6 Å². The van der Waals surface area contributed by atoms with Crippen LogP contribution in [-0.4, -0.2) is 78.2 Å². The first-order valence-electron chi connectivity index (χ1n) is 13.8. The molecule has 2 aliphatic rings. The number of hydrogen-bond donors (Lipinski definition) is 2. The van der Waals surface area contributed by atoms with Crippen LogP contribution in [0.15, 0.2) is 29.2 Å². The summed E-state index contributed by atoms with van der Waals surface area (Å²) in [6, 6.07) is 1.16. The summed E-state index contributed by atoms with van der Waals surface area (Å²) in [5, 5.41) is 2.24. The molecular formula is C29H34F5N5O4. The molecule has 2 aliphatic heterocycles. The Kier molecular flexibility index (Phi) is 9.19. The number of nitrogens with one attached hydrogen (secondary N) is 2. The number of aromatic amines is 1. The molecule has 2 unspecified atom stereocenters. The second-order valence-electron chi connectivity index (χ2n) is 11.2. The number of alkyl halides is 3. The van der Waals surface area contributed by atoms with Gasteiger partial charge in [0.05, 0.1) is 28.5 Å². The Morgan fingerprint density at radius 3 is 2.37 bits per heavy atom. The number of benzene rings is 1. The van der Waals surface area contributed by atoms with Gasteiger partial charge in [0.1, 0.15) is 11.5 Å². The van der Waals surface area contributed by atoms with Crippen LogP contribution in [0.5, 0.6) is 0 Å². The molecule has 1 aromatic heterocycles. The highest BCUT2D eigenvalue weighted by Gasteiger charge is 2.37. The number of H-pyrrole nitrogens is 1. The van der Waals surface area contributed by atoms with Gasteiger partial charge >= 0.3 is 12.3 Å². The lowest BCUT2D eigenvalue weighted by molar-refractivity contribution is -0.138. The smallest absolute Gasteiger partial charge is 0.417 e. The highest BCUT2D eigenvalue weighted by Crippen LogP contribution is 2.39. The van der Waals surface area contributed by atoms with E-state index in [9.17, 15) is 27.6 Å². The van der Waals surface area contributed by atoms with Crippen molar-refractivity contribution in [3.8, 4) is 0 Å². The summed E-state index contributed by atoms with van der Waals surface area (Å²) >= 11 is 0. The zero-order valence-electron chi connectivity index (χ0n) is 24.4. The molecule has 43 heavy (non-hydrogen) atoms. The van der Waals surface area contributed by atoms with Crippen molar-refractivity contribution in [2.45, 2.75) is 58.5 Å². The van der Waals surface area contributed by atoms with E-state index in [-0.39, 0.29) is 48.9 Å². The number of piperazine rings is 1. The summed E-state index contributed by atoms with van der Waals surface area (Å²) in [4.78, 5) is 44.5. The first-order chi connectivity index (χ1) is 20.1. The molecule has 1 aromatic carbocycles. The minimum Gasteiger partial charge on any atom is -0.447 e. The van der Waals surface area contributed by atoms with E-state index >= 15 is 8.78 Å². The summed E-state index contributed by atoms with van der Waals surface area (Å²) in [5.74, 6) is -3.52. The Bertz CT molecular complexity index is 1480. The Labute approximate surface area is 245 Å². The predicted octanol–water partition coefficient (Wildman–Crippen LogP) is 5.09. The lowest BCUT2D eigenvalue weighted by Crippen LogP contribution is -2.55. The largest absolute Gasteiger partial charge is 0.447 e. The number of anilines is 2. The first-order valence-corrected chi connectivity index (χ1v) is 13.8. The van der Waals surface area contributed by atoms with Crippen LogP contribution in [0, 0.1) is 11.6 Å². The summed E-state index contributed by atoms with van der Waals surface area (Å²) < 4.78 is 78.7. The van der Waals surface area contributed by atoms with Crippen LogP contribution >= 0.6 is 0 Å². The Morgan fingerprint density at radius 2 is 1.77 bits per heavy atom. The number of hydrogen-bond acceptors (Lipinski definition) is 6. The first kappa shape index (κ1) is 32.0. The molecule has 1 saturated heterocycles. The quantitative estimate of drug-likeness (QED) is 0.458. The molecule has 2 atom stereocenters. The number of amides is 2. The average molecular weight is 612 g/mol. The van der Waals surface area contributed by atoms with Crippen LogP contribution in [-0.2, 0) is 10.9 Å². The minimum absolute atomic E-state index is 0.0515. The van der Waals surface area contributed by atoms with Crippen molar-refractivity contribution in [2.75, 3.05) is 43.4 Å². The van der Waals surface area contributed by atoms with Gasteiger partial charge in [-0.05, 0) is 46.7 Å². The number of carbonyl (C=O) groups is 2. The van der Waals surface area contributed by atoms with Gasteiger partial charge in [-0.3, -0.25) is 14.5 Å². The number of likely N-dealkylation sites (N-methyl/N-ethyl adjacent to an activating group) is 1. The van der Waals surface area contributed by atoms with E-state index in [0.29, 0.717) is 19.3 Å². The zero-order chi connectivity index (χ0) is 31.8. The zero-order valence-corrected chi connectivity index (χ0v) is 24.4. The molecule has 1 fully saturated rings. The standard InChI is InChI=1S/C29H34F5N5O4/c1-15(2)43-28(42)38-8-6-7-18(14-38)24-21(30)10-22(39-12-16(3)37(5)17(4)13-39)26(25(24)31)36-27(41)19-11-35-23(40)9-20(19)29(32,33)34/h7,9-11,15-17H,6,8,12-14H2,1-5H3,(H,35,40)(H,36,41). The summed E-state index contributed by atoms with van der Waals surface area (Å²) in [6.07, 6.45) is -3.70. The molecule has 3 heterocycles. The number of pyridine rings is 1. The Hall–Kier alpha value is -3.94. The second kappa shape index (κ2) is 12.3. The van der Waals surface area contributed by atoms with E-state index in [1.54, 1.807) is 24.8 Å². The van der Waals surface area contributed by atoms with Crippen LogP contribution in [0.4, 0.5) is 38.1 Å². The molecule has 14 heteroatoms. The van der Waals surface area contributed by atoms with E-state index in [4.69, 9.17) is 4.74 Å². The maximum absolute atomic E-state index is 16.5. The highest BCUT2D eigenvalue weighted by molar-refractivity contribution is 6.07. The van der Waals surface area contributed by atoms with Crippen molar-refractivity contribution in [3.05, 3.63) is 63.1 Å². The van der Waals surface area contributed by atoms with Gasteiger partial charge in [-0.25, -0.2) is 13.6 Å². The molecule has 4 rings (SSSR count). The number of carbonyl (C=O) groups excluding carboxylic acids is 2. The highest BCUT2D eigenvalue weighted by atomic mass is 19.4. The molecule has 0 radical (unpaired) electrons. The van der Waals surface area contributed by atoms with Crippen molar-refractivity contribution in [3.63, 3.8) is 0 Å². The molecule has 0 spiro atoms. The molecule has 0 aliphatic carbocycles. The molecule has 2 N–H and O–H groups in total. The van der Waals surface area contributed by atoms with E-state index in [1.165, 1.54) is 4.90 Å². The van der Waals surface area contributed by atoms with E-state index in [2.05, 4.69) is 10.2 Å². The van der Waals surface area contributed by atoms with Gasteiger partial charge in [0.2, 0.25) is 5.56 Å². The third-order valence-electron chi connectivity index (χ3n) is 7.68. The number of rotatable bonds is 5. The number of aromatic nitrogens is 1. The molecule has 2 amide bonds. The van der Waals surface area contributed by atoms with Gasteiger partial charge in [0.15, 0.2) is 5.82 Å². The lowest BCUT2D eigenvalue weighted by Gasteiger charge is -2.44. The SMILES string of the molecule is CC(C)OC(=O)N1CCC=C(c2c(F)cc(N3CC(C)N(C)C(C)C3)c(NC(=O)c3c[nH]c(=O)cc3C(F)(F)F)c2F)C1. The summed E-state index contributed by atoms with van der Waals surface area (Å²) in [7, 11) is 1.90. The van der Waals surface area contributed by atoms with Crippen LogP contribution in [0.25, 0.3) is 5.57 Å². The average Bonchev–Trinajstić information content (AvgIpc) is 2.92. The maximum atomic E-state index is 16.5. The normalized spacial score (nSPS) is 19.8. The molecule has 234 valence electrons. The van der Waals surface area contributed by atoms with Crippen LogP contribution in [0.3, 0.4) is 0 Å². The fraction of sp³-hybridized carbons (Fsp3) is 0.483. The van der Waals surface area contributed by atoms with Crippen molar-refractivity contribution < 1.29 is 36.3 Å². The predicted molar refractivity (Wildman–Crippen MR) is 151 cm³/mol. The van der Waals surface area contributed by atoms with E-state index in [1.807, 2.05) is 25.9 Å². The van der Waals surface area contributed by atoms with Gasteiger partial charge in [-0.15, -0.1) is 0 Å². The third kappa shape index (κ3) is 6.84. The van der Waals surface area contributed by atoms with Gasteiger partial charge in [-0.2, -0.15) is 13.2 Å². The molecule has 0 bridgehead atoms. The van der Waals surface area contributed by atoms with Crippen LogP contribution < -0.4 is 15.8 Å². The van der Waals surface area contributed by atoms with Gasteiger partial charge < -0.3 is 24.8 Å². The molecule has 2 aromatic rings. The number of halogens is 5. The summed E-state index contributed by atoms with van der Waals surface area (Å²) in [5.41, 5.74) is -4.50. The molecular weight excluding hydrogens is 577 g/mol. The Balaban J connectivity index is 1.81. The van der Waals surface area contributed by atoms with Gasteiger partial charge in [0.25, 0.3) is 5.91 Å². The fourth-order valence-electron chi connectivity index (χ4n) is 5.30. The fourth-order valence-corrected chi connectivity index (χ4v) is 5.30. The van der Waals surface area contributed by atoms with E-state index < -0.39 is 63.9 Å². The Morgan fingerprint density at radius 1 is 1.12 bits per heavy atom. The van der Waals surface area contributed by atoms with Crippen molar-refractivity contribution in [1.82, 2.24) is 14.8 Å². The maximum Gasteiger partial charge on any atom is 0.417 e.